The van der Waals surface area contributed by atoms with Crippen molar-refractivity contribution in [3.8, 4) is 0 Å². The van der Waals surface area contributed by atoms with E-state index in [4.69, 9.17) is 23.7 Å². The van der Waals surface area contributed by atoms with Gasteiger partial charge in [0.1, 0.15) is 18.8 Å². The lowest BCUT2D eigenvalue weighted by molar-refractivity contribution is -0.301. The molecule has 1 rings (SSSR count). The lowest BCUT2D eigenvalue weighted by atomic mass is 9.98. The van der Waals surface area contributed by atoms with Crippen LogP contribution in [-0.2, 0) is 42.9 Å². The molecular weight excluding hydrogens is 925 g/mol. The third-order valence-electron chi connectivity index (χ3n) is 12.5. The van der Waals surface area contributed by atoms with E-state index in [2.05, 4.69) is 93.7 Å². The van der Waals surface area contributed by atoms with Crippen molar-refractivity contribution in [3.63, 3.8) is 0 Å². The fourth-order valence-electron chi connectivity index (χ4n) is 8.09. The molecule has 1 heterocycles. The van der Waals surface area contributed by atoms with E-state index in [1.807, 2.05) is 12.2 Å². The zero-order chi connectivity index (χ0) is 53.3. The molecule has 0 aromatic rings. The average molecular weight is 1030 g/mol. The van der Waals surface area contributed by atoms with Gasteiger partial charge in [0.2, 0.25) is 0 Å². The van der Waals surface area contributed by atoms with Crippen molar-refractivity contribution in [2.24, 2.45) is 0 Å². The van der Waals surface area contributed by atoms with Gasteiger partial charge in [0.05, 0.1) is 6.61 Å². The number of aliphatic hydroxyl groups is 2. The van der Waals surface area contributed by atoms with Crippen LogP contribution in [-0.4, -0.2) is 89.2 Å². The molecule has 1 aliphatic rings. The Labute approximate surface area is 441 Å². The predicted molar refractivity (Wildman–Crippen MR) is 294 cm³/mol. The number of hydrogen-bond acceptors (Lipinski definition) is 11. The molecule has 0 amide bonds. The first-order chi connectivity index (χ1) is 35.6. The van der Waals surface area contributed by atoms with E-state index < -0.39 is 67.3 Å². The van der Waals surface area contributed by atoms with Crippen LogP contribution in [0.5, 0.6) is 0 Å². The second-order valence-corrected chi connectivity index (χ2v) is 19.2. The van der Waals surface area contributed by atoms with Gasteiger partial charge in [-0.3, -0.25) is 14.4 Å². The lowest BCUT2D eigenvalue weighted by Crippen LogP contribution is -2.61. The van der Waals surface area contributed by atoms with Crippen molar-refractivity contribution >= 4 is 23.9 Å². The van der Waals surface area contributed by atoms with Gasteiger partial charge in [-0.15, -0.1) is 0 Å². The Kier molecular flexibility index (Phi) is 44.7. The molecule has 1 fully saturated rings. The number of hydrogen-bond donors (Lipinski definition) is 3. The maximum atomic E-state index is 13.1. The molecule has 3 N–H and O–H groups in total. The summed E-state index contributed by atoms with van der Waals surface area (Å²) in [5.41, 5.74) is 0. The molecular formula is C61H100O12. The monoisotopic (exact) mass is 1020 g/mol. The Morgan fingerprint density at radius 2 is 0.890 bits per heavy atom. The fourth-order valence-corrected chi connectivity index (χ4v) is 8.09. The summed E-state index contributed by atoms with van der Waals surface area (Å²) in [6, 6.07) is 0. The zero-order valence-electron chi connectivity index (χ0n) is 45.6. The summed E-state index contributed by atoms with van der Waals surface area (Å²) >= 11 is 0. The number of ether oxygens (including phenoxy) is 5. The highest BCUT2D eigenvalue weighted by Crippen LogP contribution is 2.26. The summed E-state index contributed by atoms with van der Waals surface area (Å²) < 4.78 is 28.3. The molecule has 1 aliphatic heterocycles. The highest BCUT2D eigenvalue weighted by atomic mass is 16.7. The van der Waals surface area contributed by atoms with Crippen LogP contribution in [0, 0.1) is 0 Å². The zero-order valence-corrected chi connectivity index (χ0v) is 45.6. The summed E-state index contributed by atoms with van der Waals surface area (Å²) in [5.74, 6) is -3.24. The Balaban J connectivity index is 2.74. The predicted octanol–water partition coefficient (Wildman–Crippen LogP) is 14.3. The Morgan fingerprint density at radius 1 is 0.466 bits per heavy atom. The number of unbranched alkanes of at least 4 members (excludes halogenated alkanes) is 19. The van der Waals surface area contributed by atoms with E-state index in [0.717, 1.165) is 96.3 Å². The molecule has 6 atom stereocenters. The molecule has 416 valence electrons. The minimum absolute atomic E-state index is 0.0415. The van der Waals surface area contributed by atoms with E-state index in [0.29, 0.717) is 19.3 Å². The summed E-state index contributed by atoms with van der Waals surface area (Å²) in [6.45, 7) is 5.77. The van der Waals surface area contributed by atoms with Gasteiger partial charge in [-0.2, -0.15) is 0 Å². The standard InChI is InChI=1S/C61H100O12/c1-4-7-10-13-16-19-22-24-25-26-27-28-29-31-33-35-38-41-44-47-53(62)69-50-52(71-54(63)48-45-42-39-36-32-21-18-15-12-9-6-3)51-70-61-59(57(66)56(65)58(73-61)60(67)68)72-55(64)49-46-43-40-37-34-30-23-20-17-14-11-8-5-2/h7,10,16,19-20,23-25,27-28,31,33,38,41,52,56-59,61,65-66H,4-6,8-9,11-15,17-18,21-22,26,29-30,32,34-37,39-40,42-51H2,1-3H3,(H,67,68)/b10-7-,19-16-,23-20-,25-24-,28-27-,33-31-,41-38-. The first-order valence-corrected chi connectivity index (χ1v) is 28.6. The maximum Gasteiger partial charge on any atom is 0.335 e. The van der Waals surface area contributed by atoms with Gasteiger partial charge in [-0.1, -0.05) is 209 Å². The van der Waals surface area contributed by atoms with Crippen LogP contribution in [0.15, 0.2) is 85.1 Å². The highest BCUT2D eigenvalue weighted by Gasteiger charge is 2.50. The normalized spacial score (nSPS) is 18.9. The molecule has 0 radical (unpaired) electrons. The van der Waals surface area contributed by atoms with E-state index in [-0.39, 0.29) is 25.9 Å². The van der Waals surface area contributed by atoms with E-state index in [9.17, 15) is 34.5 Å². The summed E-state index contributed by atoms with van der Waals surface area (Å²) in [4.78, 5) is 50.9. The second-order valence-electron chi connectivity index (χ2n) is 19.2. The Bertz CT molecular complexity index is 1590. The molecule has 73 heavy (non-hydrogen) atoms. The third-order valence-corrected chi connectivity index (χ3v) is 12.5. The number of esters is 3. The first-order valence-electron chi connectivity index (χ1n) is 28.6. The molecule has 0 aliphatic carbocycles. The largest absolute Gasteiger partial charge is 0.479 e. The first kappa shape index (κ1) is 66.9. The van der Waals surface area contributed by atoms with Crippen molar-refractivity contribution in [1.82, 2.24) is 0 Å². The molecule has 12 nitrogen and oxygen atoms in total. The number of aliphatic hydroxyl groups excluding tert-OH is 2. The molecule has 0 bridgehead atoms. The molecule has 12 heteroatoms. The number of rotatable bonds is 47. The molecule has 0 aromatic heterocycles. The Hall–Kier alpha value is -4.10. The van der Waals surface area contributed by atoms with Crippen molar-refractivity contribution in [3.05, 3.63) is 85.1 Å². The topological polar surface area (TPSA) is 175 Å². The third kappa shape index (κ3) is 39.0. The number of aliphatic carboxylic acids is 1. The minimum atomic E-state index is -1.91. The second kappa shape index (κ2) is 48.8. The van der Waals surface area contributed by atoms with Crippen LogP contribution in [0.4, 0.5) is 0 Å². The number of allylic oxidation sites excluding steroid dienone is 14. The van der Waals surface area contributed by atoms with E-state index in [1.165, 1.54) is 70.6 Å². The van der Waals surface area contributed by atoms with Crippen LogP contribution in [0.1, 0.15) is 226 Å². The molecule has 0 aromatic carbocycles. The van der Waals surface area contributed by atoms with Crippen molar-refractivity contribution < 1.29 is 58.2 Å². The molecule has 0 spiro atoms. The van der Waals surface area contributed by atoms with Gasteiger partial charge in [0, 0.05) is 19.3 Å². The van der Waals surface area contributed by atoms with Gasteiger partial charge in [-0.05, 0) is 83.5 Å². The van der Waals surface area contributed by atoms with Crippen LogP contribution in [0.25, 0.3) is 0 Å². The fraction of sp³-hybridized carbons (Fsp3) is 0.705. The number of carboxylic acids is 1. The van der Waals surface area contributed by atoms with Crippen LogP contribution in [0.2, 0.25) is 0 Å². The highest BCUT2D eigenvalue weighted by molar-refractivity contribution is 5.74. The van der Waals surface area contributed by atoms with Gasteiger partial charge < -0.3 is 39.0 Å². The van der Waals surface area contributed by atoms with Gasteiger partial charge in [-0.25, -0.2) is 4.79 Å². The summed E-state index contributed by atoms with van der Waals surface area (Å²) in [7, 11) is 0. The van der Waals surface area contributed by atoms with Crippen molar-refractivity contribution in [2.75, 3.05) is 13.2 Å². The minimum Gasteiger partial charge on any atom is -0.479 e. The van der Waals surface area contributed by atoms with Crippen LogP contribution >= 0.6 is 0 Å². The van der Waals surface area contributed by atoms with Crippen molar-refractivity contribution in [2.45, 2.75) is 263 Å². The summed E-state index contributed by atoms with van der Waals surface area (Å²) in [6.07, 6.45) is 50.0. The van der Waals surface area contributed by atoms with Gasteiger partial charge in [0.15, 0.2) is 24.6 Å². The Morgan fingerprint density at radius 3 is 1.38 bits per heavy atom. The average Bonchev–Trinajstić information content (AvgIpc) is 3.37. The molecule has 0 saturated carbocycles. The molecule has 1 saturated heterocycles. The van der Waals surface area contributed by atoms with Gasteiger partial charge >= 0.3 is 23.9 Å². The van der Waals surface area contributed by atoms with Crippen molar-refractivity contribution in [1.29, 1.82) is 0 Å². The van der Waals surface area contributed by atoms with E-state index in [1.54, 1.807) is 0 Å². The van der Waals surface area contributed by atoms with Crippen LogP contribution in [0.3, 0.4) is 0 Å². The quantitative estimate of drug-likeness (QED) is 0.0228. The summed E-state index contributed by atoms with van der Waals surface area (Å²) in [5, 5.41) is 31.4. The lowest BCUT2D eigenvalue weighted by Gasteiger charge is -2.40. The number of carboxylic acid groups (broad SMARTS) is 1. The maximum absolute atomic E-state index is 13.1. The van der Waals surface area contributed by atoms with E-state index >= 15 is 0 Å². The SMILES string of the molecule is CC/C=C\C/C=C\C/C=C\C/C=C\C/C=C\C/C=C\CCC(=O)OCC(COC1OC(C(=O)O)C(O)C(O)C1OC(=O)CCCCCCC/C=C\CCCCCC)OC(=O)CCCCCCCCCCCCC. The number of carbonyl (C=O) groups excluding carboxylic acids is 3. The number of carbonyl (C=O) groups is 4. The smallest absolute Gasteiger partial charge is 0.335 e. The van der Waals surface area contributed by atoms with Gasteiger partial charge in [0.25, 0.3) is 0 Å². The molecule has 6 unspecified atom stereocenters. The van der Waals surface area contributed by atoms with Crippen LogP contribution < -0.4 is 0 Å².